The van der Waals surface area contributed by atoms with Crippen LogP contribution in [-0.2, 0) is 4.74 Å². The molecule has 5 heteroatoms. The topological polar surface area (TPSA) is 55.6 Å². The fourth-order valence-corrected chi connectivity index (χ4v) is 3.68. The van der Waals surface area contributed by atoms with E-state index in [-0.39, 0.29) is 5.56 Å². The van der Waals surface area contributed by atoms with Crippen molar-refractivity contribution < 1.29 is 9.15 Å². The Morgan fingerprint density at radius 3 is 2.38 bits per heavy atom. The first-order valence-corrected chi connectivity index (χ1v) is 9.72. The van der Waals surface area contributed by atoms with E-state index in [1.807, 2.05) is 77.7 Å². The molecule has 0 unspecified atom stereocenters. The maximum atomic E-state index is 12.9. The van der Waals surface area contributed by atoms with Gasteiger partial charge in [-0.25, -0.2) is 0 Å². The van der Waals surface area contributed by atoms with Crippen LogP contribution in [-0.4, -0.2) is 31.3 Å². The van der Waals surface area contributed by atoms with Gasteiger partial charge in [-0.1, -0.05) is 66.7 Å². The first kappa shape index (κ1) is 17.6. The van der Waals surface area contributed by atoms with E-state index in [0.717, 1.165) is 21.9 Å². The quantitative estimate of drug-likeness (QED) is 0.388. The van der Waals surface area contributed by atoms with Crippen LogP contribution in [0, 0.1) is 0 Å². The third-order valence-corrected chi connectivity index (χ3v) is 5.18. The molecule has 1 aliphatic rings. The molecule has 1 aromatic heterocycles. The zero-order valence-electron chi connectivity index (χ0n) is 15.9. The van der Waals surface area contributed by atoms with E-state index in [4.69, 9.17) is 9.15 Å². The largest absolute Gasteiger partial charge is 0.424 e. The molecule has 0 amide bonds. The smallest absolute Gasteiger partial charge is 0.301 e. The molecular weight excluding hydrogens is 364 g/mol. The lowest BCUT2D eigenvalue weighted by atomic mass is 10.0. The Balaban J connectivity index is 1.69. The molecule has 1 aliphatic heterocycles. The summed E-state index contributed by atoms with van der Waals surface area (Å²) in [6.07, 6.45) is 4.08. The molecule has 0 atom stereocenters. The molecule has 5 nitrogen and oxygen atoms in total. The van der Waals surface area contributed by atoms with E-state index < -0.39 is 0 Å². The Hall–Kier alpha value is -3.44. The summed E-state index contributed by atoms with van der Waals surface area (Å²) >= 11 is 0. The van der Waals surface area contributed by atoms with Crippen molar-refractivity contribution in [3.8, 4) is 0 Å². The highest BCUT2D eigenvalue weighted by atomic mass is 16.5. The highest BCUT2D eigenvalue weighted by molar-refractivity contribution is 6.08. The maximum Gasteiger partial charge on any atom is 0.301 e. The fraction of sp³-hybridized carbons (Fsp3) is 0.167. The molecule has 4 aromatic rings. The molecular formula is C24H20N2O3. The second-order valence-electron chi connectivity index (χ2n) is 7.03. The van der Waals surface area contributed by atoms with Gasteiger partial charge in [0.15, 0.2) is 5.58 Å². The van der Waals surface area contributed by atoms with Crippen molar-refractivity contribution in [3.63, 3.8) is 0 Å². The molecule has 144 valence electrons. The van der Waals surface area contributed by atoms with Crippen LogP contribution in [0.15, 0.2) is 69.9 Å². The normalized spacial score (nSPS) is 14.8. The summed E-state index contributed by atoms with van der Waals surface area (Å²) in [4.78, 5) is 19.0. The van der Waals surface area contributed by atoms with Gasteiger partial charge in [0, 0.05) is 18.5 Å². The number of hydrogen-bond acceptors (Lipinski definition) is 5. The minimum absolute atomic E-state index is 0.271. The molecule has 5 rings (SSSR count). The summed E-state index contributed by atoms with van der Waals surface area (Å²) in [6.45, 7) is 2.54. The van der Waals surface area contributed by atoms with E-state index in [2.05, 4.69) is 4.98 Å². The second kappa shape index (κ2) is 7.53. The lowest BCUT2D eigenvalue weighted by Gasteiger charge is -2.26. The minimum atomic E-state index is -0.271. The third-order valence-electron chi connectivity index (χ3n) is 5.18. The Labute approximate surface area is 167 Å². The first-order chi connectivity index (χ1) is 14.3. The van der Waals surface area contributed by atoms with Gasteiger partial charge < -0.3 is 14.1 Å². The molecule has 0 spiro atoms. The molecule has 1 saturated heterocycles. The maximum absolute atomic E-state index is 12.9. The van der Waals surface area contributed by atoms with E-state index in [1.54, 1.807) is 0 Å². The van der Waals surface area contributed by atoms with Crippen molar-refractivity contribution in [3.05, 3.63) is 82.1 Å². The number of anilines is 1. The summed E-state index contributed by atoms with van der Waals surface area (Å²) in [5.74, 6) is 0. The van der Waals surface area contributed by atoms with Crippen LogP contribution < -0.4 is 10.5 Å². The Morgan fingerprint density at radius 2 is 1.59 bits per heavy atom. The number of rotatable bonds is 3. The van der Waals surface area contributed by atoms with E-state index in [0.29, 0.717) is 43.3 Å². The van der Waals surface area contributed by atoms with Gasteiger partial charge in [-0.3, -0.25) is 4.79 Å². The summed E-state index contributed by atoms with van der Waals surface area (Å²) in [5.41, 5.74) is 2.38. The summed E-state index contributed by atoms with van der Waals surface area (Å²) in [5, 5.41) is 2.44. The number of morpholine rings is 1. The van der Waals surface area contributed by atoms with Gasteiger partial charge in [0.05, 0.1) is 18.6 Å². The van der Waals surface area contributed by atoms with Gasteiger partial charge in [-0.15, -0.1) is 0 Å². The average Bonchev–Trinajstić information content (AvgIpc) is 2.79. The van der Waals surface area contributed by atoms with E-state index >= 15 is 0 Å². The second-order valence-corrected chi connectivity index (χ2v) is 7.03. The zero-order valence-corrected chi connectivity index (χ0v) is 15.9. The molecule has 0 aliphatic carbocycles. The average molecular weight is 384 g/mol. The monoisotopic (exact) mass is 384 g/mol. The number of benzene rings is 3. The third kappa shape index (κ3) is 3.41. The van der Waals surface area contributed by atoms with Crippen molar-refractivity contribution >= 4 is 39.9 Å². The Kier molecular flexibility index (Phi) is 4.58. The van der Waals surface area contributed by atoms with Gasteiger partial charge >= 0.3 is 6.01 Å². The van der Waals surface area contributed by atoms with Crippen LogP contribution in [0.25, 0.3) is 33.9 Å². The number of aromatic nitrogens is 1. The summed E-state index contributed by atoms with van der Waals surface area (Å²) in [6, 6.07) is 20.3. The van der Waals surface area contributed by atoms with Crippen molar-refractivity contribution in [2.75, 3.05) is 31.2 Å². The van der Waals surface area contributed by atoms with E-state index in [9.17, 15) is 4.79 Å². The van der Waals surface area contributed by atoms with Crippen molar-refractivity contribution in [1.29, 1.82) is 0 Å². The van der Waals surface area contributed by atoms with Crippen LogP contribution >= 0.6 is 0 Å². The Morgan fingerprint density at radius 1 is 0.862 bits per heavy atom. The van der Waals surface area contributed by atoms with Crippen LogP contribution in [0.1, 0.15) is 11.1 Å². The van der Waals surface area contributed by atoms with Gasteiger partial charge in [0.1, 0.15) is 0 Å². The predicted molar refractivity (Wildman–Crippen MR) is 116 cm³/mol. The fourth-order valence-electron chi connectivity index (χ4n) is 3.68. The number of nitrogens with zero attached hydrogens (tertiary/aromatic N) is 2. The number of fused-ring (bicyclic) bond motifs is 3. The molecule has 0 saturated carbocycles. The standard InChI is InChI=1S/C24H20N2O3/c27-23-21-16-18(11-10-17-6-2-1-3-7-17)19-8-4-5-9-20(19)22(21)29-24(25-23)26-12-14-28-15-13-26/h1-11,16H,12-15H2/b11-10+. The van der Waals surface area contributed by atoms with E-state index in [1.165, 1.54) is 0 Å². The minimum Gasteiger partial charge on any atom is -0.424 e. The lowest BCUT2D eigenvalue weighted by molar-refractivity contribution is 0.120. The highest BCUT2D eigenvalue weighted by Crippen LogP contribution is 2.30. The molecule has 2 heterocycles. The van der Waals surface area contributed by atoms with Crippen molar-refractivity contribution in [2.45, 2.75) is 0 Å². The molecule has 0 radical (unpaired) electrons. The highest BCUT2D eigenvalue weighted by Gasteiger charge is 2.18. The zero-order chi connectivity index (χ0) is 19.6. The summed E-state index contributed by atoms with van der Waals surface area (Å²) < 4.78 is 11.5. The predicted octanol–water partition coefficient (Wildman–Crippen LogP) is 4.35. The Bertz CT molecular complexity index is 1260. The number of hydrogen-bond donors (Lipinski definition) is 0. The number of ether oxygens (including phenoxy) is 1. The summed E-state index contributed by atoms with van der Waals surface area (Å²) in [7, 11) is 0. The van der Waals surface area contributed by atoms with Crippen molar-refractivity contribution in [1.82, 2.24) is 4.98 Å². The SMILES string of the molecule is O=c1nc(N2CCOCC2)oc2c1cc(/C=C/c1ccccc1)c1ccccc12. The van der Waals surface area contributed by atoms with Crippen LogP contribution in [0.3, 0.4) is 0 Å². The van der Waals surface area contributed by atoms with Crippen LogP contribution in [0.5, 0.6) is 0 Å². The molecule has 29 heavy (non-hydrogen) atoms. The molecule has 0 N–H and O–H groups in total. The van der Waals surface area contributed by atoms with Gasteiger partial charge in [-0.2, -0.15) is 4.98 Å². The first-order valence-electron chi connectivity index (χ1n) is 9.72. The lowest BCUT2D eigenvalue weighted by Crippen LogP contribution is -2.37. The van der Waals surface area contributed by atoms with Gasteiger partial charge in [-0.05, 0) is 22.6 Å². The molecule has 1 fully saturated rings. The molecule has 3 aromatic carbocycles. The van der Waals surface area contributed by atoms with Gasteiger partial charge in [0.2, 0.25) is 0 Å². The van der Waals surface area contributed by atoms with Crippen molar-refractivity contribution in [2.24, 2.45) is 0 Å². The van der Waals surface area contributed by atoms with Crippen LogP contribution in [0.4, 0.5) is 6.01 Å². The van der Waals surface area contributed by atoms with Crippen LogP contribution in [0.2, 0.25) is 0 Å². The van der Waals surface area contributed by atoms with Gasteiger partial charge in [0.25, 0.3) is 5.56 Å². The molecule has 0 bridgehead atoms.